The molecule has 132 valence electrons. The molecule has 6 heteroatoms. The number of hydrogen-bond donors (Lipinski definition) is 4. The van der Waals surface area contributed by atoms with Gasteiger partial charge in [0.25, 0.3) is 0 Å². The summed E-state index contributed by atoms with van der Waals surface area (Å²) in [5.41, 5.74) is 7.10. The van der Waals surface area contributed by atoms with Crippen molar-refractivity contribution in [3.05, 3.63) is 35.6 Å². The summed E-state index contributed by atoms with van der Waals surface area (Å²) in [5.74, 6) is 0.561. The van der Waals surface area contributed by atoms with Gasteiger partial charge in [0.05, 0.1) is 12.1 Å². The van der Waals surface area contributed by atoms with Gasteiger partial charge in [-0.2, -0.15) is 0 Å². The maximum atomic E-state index is 13.1. The highest BCUT2D eigenvalue weighted by atomic mass is 19.1. The minimum absolute atomic E-state index is 0.0321. The van der Waals surface area contributed by atoms with Crippen molar-refractivity contribution >= 4 is 5.91 Å². The Morgan fingerprint density at radius 1 is 1.25 bits per heavy atom. The van der Waals surface area contributed by atoms with E-state index in [0.717, 1.165) is 31.5 Å². The van der Waals surface area contributed by atoms with Crippen molar-refractivity contribution in [3.63, 3.8) is 0 Å². The molecule has 1 heterocycles. The quantitative estimate of drug-likeness (QED) is 0.611. The standard InChI is InChI=1S/C18H26FN3O2/c19-15-6-4-13(5-7-15)18(14-8-16(23)9-14)22-17(24)3-1-2-12-10-20-21-11-12/h4-7,12,14,16,18,20-21,23H,1-3,8-11H2,(H,22,24). The highest BCUT2D eigenvalue weighted by Crippen LogP contribution is 2.38. The summed E-state index contributed by atoms with van der Waals surface area (Å²) in [4.78, 5) is 12.3. The smallest absolute Gasteiger partial charge is 0.220 e. The third-order valence-corrected chi connectivity index (χ3v) is 5.09. The number of halogens is 1. The normalized spacial score (nSPS) is 25.2. The molecule has 1 saturated carbocycles. The number of hydrogen-bond acceptors (Lipinski definition) is 4. The lowest BCUT2D eigenvalue weighted by Gasteiger charge is -2.38. The van der Waals surface area contributed by atoms with Crippen LogP contribution in [0.2, 0.25) is 0 Å². The van der Waals surface area contributed by atoms with Crippen molar-refractivity contribution in [1.29, 1.82) is 0 Å². The Labute approximate surface area is 142 Å². The monoisotopic (exact) mass is 335 g/mol. The number of benzene rings is 1. The molecule has 1 aliphatic heterocycles. The highest BCUT2D eigenvalue weighted by molar-refractivity contribution is 5.76. The van der Waals surface area contributed by atoms with Crippen molar-refractivity contribution in [3.8, 4) is 0 Å². The lowest BCUT2D eigenvalue weighted by atomic mass is 9.75. The number of carbonyl (C=O) groups is 1. The van der Waals surface area contributed by atoms with Gasteiger partial charge in [0.2, 0.25) is 5.91 Å². The molecule has 0 bridgehead atoms. The van der Waals surface area contributed by atoms with Crippen LogP contribution in [-0.4, -0.2) is 30.2 Å². The van der Waals surface area contributed by atoms with Crippen LogP contribution in [0.3, 0.4) is 0 Å². The topological polar surface area (TPSA) is 73.4 Å². The second-order valence-corrected chi connectivity index (χ2v) is 7.00. The zero-order chi connectivity index (χ0) is 16.9. The van der Waals surface area contributed by atoms with Crippen molar-refractivity contribution in [2.75, 3.05) is 13.1 Å². The van der Waals surface area contributed by atoms with Crippen LogP contribution in [0.25, 0.3) is 0 Å². The SMILES string of the molecule is O=C(CCCC1CNNC1)NC(c1ccc(F)cc1)C1CC(O)C1. The Morgan fingerprint density at radius 3 is 2.54 bits per heavy atom. The average Bonchev–Trinajstić information content (AvgIpc) is 3.04. The Kier molecular flexibility index (Phi) is 5.81. The molecule has 0 aromatic heterocycles. The Morgan fingerprint density at radius 2 is 1.92 bits per heavy atom. The fraction of sp³-hybridized carbons (Fsp3) is 0.611. The van der Waals surface area contributed by atoms with E-state index in [4.69, 9.17) is 0 Å². The average molecular weight is 335 g/mol. The Hall–Kier alpha value is -1.50. The number of aliphatic hydroxyl groups excluding tert-OH is 1. The molecule has 1 atom stereocenters. The van der Waals surface area contributed by atoms with Crippen LogP contribution < -0.4 is 16.2 Å². The van der Waals surface area contributed by atoms with Gasteiger partial charge in [-0.3, -0.25) is 15.6 Å². The number of carbonyl (C=O) groups excluding carboxylic acids is 1. The number of hydrazine groups is 1. The molecular formula is C18H26FN3O2. The molecule has 1 aromatic rings. The molecule has 24 heavy (non-hydrogen) atoms. The van der Waals surface area contributed by atoms with Crippen LogP contribution in [0.1, 0.15) is 43.7 Å². The summed E-state index contributed by atoms with van der Waals surface area (Å²) in [6.45, 7) is 1.92. The van der Waals surface area contributed by atoms with Gasteiger partial charge in [-0.05, 0) is 55.2 Å². The van der Waals surface area contributed by atoms with E-state index in [0.29, 0.717) is 25.2 Å². The molecule has 1 saturated heterocycles. The predicted molar refractivity (Wildman–Crippen MR) is 89.4 cm³/mol. The van der Waals surface area contributed by atoms with Crippen molar-refractivity contribution in [2.24, 2.45) is 11.8 Å². The van der Waals surface area contributed by atoms with Crippen LogP contribution in [0.4, 0.5) is 4.39 Å². The molecule has 0 spiro atoms. The third-order valence-electron chi connectivity index (χ3n) is 5.09. The van der Waals surface area contributed by atoms with E-state index in [-0.39, 0.29) is 29.8 Å². The van der Waals surface area contributed by atoms with E-state index in [2.05, 4.69) is 16.2 Å². The number of rotatable bonds is 7. The van der Waals surface area contributed by atoms with Crippen molar-refractivity contribution in [2.45, 2.75) is 44.2 Å². The lowest BCUT2D eigenvalue weighted by molar-refractivity contribution is -0.123. The molecule has 4 N–H and O–H groups in total. The van der Waals surface area contributed by atoms with E-state index < -0.39 is 0 Å². The van der Waals surface area contributed by atoms with E-state index in [1.54, 1.807) is 12.1 Å². The van der Waals surface area contributed by atoms with Gasteiger partial charge in [-0.15, -0.1) is 0 Å². The highest BCUT2D eigenvalue weighted by Gasteiger charge is 2.35. The zero-order valence-corrected chi connectivity index (χ0v) is 13.8. The fourth-order valence-corrected chi connectivity index (χ4v) is 3.55. The molecule has 1 amide bonds. The van der Waals surface area contributed by atoms with Crippen LogP contribution in [0.15, 0.2) is 24.3 Å². The second-order valence-electron chi connectivity index (χ2n) is 7.00. The number of amides is 1. The second kappa shape index (κ2) is 8.05. The van der Waals surface area contributed by atoms with E-state index in [9.17, 15) is 14.3 Å². The molecular weight excluding hydrogens is 309 g/mol. The first-order valence-electron chi connectivity index (χ1n) is 8.80. The number of nitrogens with one attached hydrogen (secondary N) is 3. The molecule has 1 aromatic carbocycles. The Bertz CT molecular complexity index is 540. The molecule has 2 fully saturated rings. The molecule has 0 radical (unpaired) electrons. The van der Waals surface area contributed by atoms with Gasteiger partial charge < -0.3 is 10.4 Å². The zero-order valence-electron chi connectivity index (χ0n) is 13.8. The Balaban J connectivity index is 1.52. The van der Waals surface area contributed by atoms with Crippen LogP contribution in [0, 0.1) is 17.7 Å². The van der Waals surface area contributed by atoms with Crippen molar-refractivity contribution < 1.29 is 14.3 Å². The van der Waals surface area contributed by atoms with Crippen molar-refractivity contribution in [1.82, 2.24) is 16.2 Å². The molecule has 5 nitrogen and oxygen atoms in total. The predicted octanol–water partition coefficient (Wildman–Crippen LogP) is 1.65. The summed E-state index contributed by atoms with van der Waals surface area (Å²) >= 11 is 0. The summed E-state index contributed by atoms with van der Waals surface area (Å²) in [6, 6.07) is 6.14. The van der Waals surface area contributed by atoms with Gasteiger partial charge in [-0.1, -0.05) is 12.1 Å². The molecule has 3 rings (SSSR count). The fourth-order valence-electron chi connectivity index (χ4n) is 3.55. The maximum absolute atomic E-state index is 13.1. The van der Waals surface area contributed by atoms with Crippen LogP contribution in [-0.2, 0) is 4.79 Å². The third kappa shape index (κ3) is 4.53. The molecule has 1 unspecified atom stereocenters. The summed E-state index contributed by atoms with van der Waals surface area (Å²) < 4.78 is 13.1. The largest absolute Gasteiger partial charge is 0.393 e. The lowest BCUT2D eigenvalue weighted by Crippen LogP contribution is -2.41. The van der Waals surface area contributed by atoms with Gasteiger partial charge >= 0.3 is 0 Å². The summed E-state index contributed by atoms with van der Waals surface area (Å²) in [6.07, 6.45) is 3.48. The molecule has 2 aliphatic rings. The minimum Gasteiger partial charge on any atom is -0.393 e. The van der Waals surface area contributed by atoms with Crippen LogP contribution in [0.5, 0.6) is 0 Å². The van der Waals surface area contributed by atoms with E-state index in [1.807, 2.05) is 0 Å². The van der Waals surface area contributed by atoms with Crippen LogP contribution >= 0.6 is 0 Å². The number of aliphatic hydroxyl groups is 1. The first kappa shape index (κ1) is 17.3. The first-order valence-corrected chi connectivity index (χ1v) is 8.80. The summed E-state index contributed by atoms with van der Waals surface area (Å²) in [5, 5.41) is 12.7. The van der Waals surface area contributed by atoms with E-state index in [1.165, 1.54) is 12.1 Å². The van der Waals surface area contributed by atoms with Gasteiger partial charge in [0, 0.05) is 19.5 Å². The van der Waals surface area contributed by atoms with Gasteiger partial charge in [0.1, 0.15) is 5.82 Å². The summed E-state index contributed by atoms with van der Waals surface area (Å²) in [7, 11) is 0. The van der Waals surface area contributed by atoms with Gasteiger partial charge in [0.15, 0.2) is 0 Å². The van der Waals surface area contributed by atoms with Gasteiger partial charge in [-0.25, -0.2) is 4.39 Å². The molecule has 1 aliphatic carbocycles. The van der Waals surface area contributed by atoms with E-state index >= 15 is 0 Å². The minimum atomic E-state index is -0.281. The maximum Gasteiger partial charge on any atom is 0.220 e. The first-order chi connectivity index (χ1) is 11.6.